The van der Waals surface area contributed by atoms with Gasteiger partial charge in [0.25, 0.3) is 0 Å². The molecule has 104 valence electrons. The Morgan fingerprint density at radius 2 is 2.37 bits per heavy atom. The minimum Gasteiger partial charge on any atom is -0.398 e. The van der Waals surface area contributed by atoms with Gasteiger partial charge in [-0.1, -0.05) is 0 Å². The Kier molecular flexibility index (Phi) is 3.78. The molecule has 5 heteroatoms. The van der Waals surface area contributed by atoms with Gasteiger partial charge in [-0.15, -0.1) is 0 Å². The molecule has 1 saturated heterocycles. The standard InChI is InChI=1S/C14H20N2O3/c1-9(17)12-4-3-11(7-13(12)15)16-8-14(18)5-6-19-10(14)2/h3-4,7,10,16,18H,5-6,8,15H2,1-2H3. The Hall–Kier alpha value is -1.59. The van der Waals surface area contributed by atoms with E-state index in [1.807, 2.05) is 6.92 Å². The number of hydrogen-bond donors (Lipinski definition) is 3. The van der Waals surface area contributed by atoms with Crippen LogP contribution >= 0.6 is 0 Å². The Morgan fingerprint density at radius 3 is 2.89 bits per heavy atom. The molecule has 4 N–H and O–H groups in total. The first-order valence-electron chi connectivity index (χ1n) is 6.41. The lowest BCUT2D eigenvalue weighted by Gasteiger charge is -2.26. The first-order chi connectivity index (χ1) is 8.92. The Morgan fingerprint density at radius 1 is 1.63 bits per heavy atom. The largest absolute Gasteiger partial charge is 0.398 e. The van der Waals surface area contributed by atoms with Crippen LogP contribution in [0.4, 0.5) is 11.4 Å². The number of ketones is 1. The summed E-state index contributed by atoms with van der Waals surface area (Å²) in [4.78, 5) is 11.3. The number of nitrogens with two attached hydrogens (primary N) is 1. The number of ether oxygens (including phenoxy) is 1. The molecular weight excluding hydrogens is 244 g/mol. The average Bonchev–Trinajstić information content (AvgIpc) is 2.67. The molecule has 0 spiro atoms. The SMILES string of the molecule is CC(=O)c1ccc(NCC2(O)CCOC2C)cc1N. The molecule has 1 aliphatic heterocycles. The number of nitrogens with one attached hydrogen (secondary N) is 1. The lowest BCUT2D eigenvalue weighted by atomic mass is 9.96. The van der Waals surface area contributed by atoms with Gasteiger partial charge in [0, 0.05) is 36.5 Å². The van der Waals surface area contributed by atoms with Crippen molar-refractivity contribution in [1.82, 2.24) is 0 Å². The second-order valence-electron chi connectivity index (χ2n) is 5.08. The smallest absolute Gasteiger partial charge is 0.161 e. The highest BCUT2D eigenvalue weighted by Gasteiger charge is 2.39. The molecule has 2 atom stereocenters. The van der Waals surface area contributed by atoms with E-state index in [9.17, 15) is 9.90 Å². The molecule has 19 heavy (non-hydrogen) atoms. The summed E-state index contributed by atoms with van der Waals surface area (Å²) in [6.45, 7) is 4.32. The number of anilines is 2. The minimum atomic E-state index is -0.853. The molecule has 1 aromatic carbocycles. The summed E-state index contributed by atoms with van der Waals surface area (Å²) in [5.41, 5.74) is 6.71. The number of nitrogen functional groups attached to an aromatic ring is 1. The van der Waals surface area contributed by atoms with Crippen LogP contribution in [0.2, 0.25) is 0 Å². The predicted molar refractivity (Wildman–Crippen MR) is 74.3 cm³/mol. The first-order valence-corrected chi connectivity index (χ1v) is 6.41. The Labute approximate surface area is 112 Å². The van der Waals surface area contributed by atoms with Crippen LogP contribution in [0.25, 0.3) is 0 Å². The molecule has 1 aromatic rings. The normalized spacial score (nSPS) is 26.4. The van der Waals surface area contributed by atoms with E-state index in [1.165, 1.54) is 6.92 Å². The number of hydrogen-bond acceptors (Lipinski definition) is 5. The highest BCUT2D eigenvalue weighted by atomic mass is 16.5. The van der Waals surface area contributed by atoms with E-state index in [0.717, 1.165) is 5.69 Å². The van der Waals surface area contributed by atoms with Gasteiger partial charge < -0.3 is 20.9 Å². The van der Waals surface area contributed by atoms with Crippen LogP contribution in [-0.4, -0.2) is 35.7 Å². The molecule has 2 rings (SSSR count). The maximum Gasteiger partial charge on any atom is 0.161 e. The number of Topliss-reactive ketones (excluding diaryl/α,β-unsaturated/α-hetero) is 1. The Bertz CT molecular complexity index is 490. The quantitative estimate of drug-likeness (QED) is 0.566. The highest BCUT2D eigenvalue weighted by molar-refractivity contribution is 5.99. The second kappa shape index (κ2) is 5.19. The summed E-state index contributed by atoms with van der Waals surface area (Å²) >= 11 is 0. The summed E-state index contributed by atoms with van der Waals surface area (Å²) in [7, 11) is 0. The van der Waals surface area contributed by atoms with Crippen molar-refractivity contribution in [2.45, 2.75) is 32.0 Å². The molecule has 1 fully saturated rings. The van der Waals surface area contributed by atoms with E-state index in [2.05, 4.69) is 5.32 Å². The fraction of sp³-hybridized carbons (Fsp3) is 0.500. The maximum atomic E-state index is 11.3. The van der Waals surface area contributed by atoms with Crippen molar-refractivity contribution in [3.05, 3.63) is 23.8 Å². The monoisotopic (exact) mass is 264 g/mol. The van der Waals surface area contributed by atoms with Gasteiger partial charge in [0.05, 0.1) is 6.10 Å². The third-order valence-electron chi connectivity index (χ3n) is 3.69. The van der Waals surface area contributed by atoms with Gasteiger partial charge in [-0.2, -0.15) is 0 Å². The minimum absolute atomic E-state index is 0.0551. The van der Waals surface area contributed by atoms with Crippen LogP contribution in [0.1, 0.15) is 30.6 Å². The van der Waals surface area contributed by atoms with Crippen LogP contribution < -0.4 is 11.1 Å². The van der Waals surface area contributed by atoms with Crippen molar-refractivity contribution in [3.63, 3.8) is 0 Å². The number of carbonyl (C=O) groups is 1. The second-order valence-corrected chi connectivity index (χ2v) is 5.08. The zero-order valence-electron chi connectivity index (χ0n) is 11.3. The third-order valence-corrected chi connectivity index (χ3v) is 3.69. The van der Waals surface area contributed by atoms with Crippen LogP contribution in [-0.2, 0) is 4.74 Å². The van der Waals surface area contributed by atoms with Crippen LogP contribution in [0, 0.1) is 0 Å². The number of aliphatic hydroxyl groups is 1. The van der Waals surface area contributed by atoms with Gasteiger partial charge >= 0.3 is 0 Å². The van der Waals surface area contributed by atoms with Gasteiger partial charge in [-0.25, -0.2) is 0 Å². The fourth-order valence-corrected chi connectivity index (χ4v) is 2.25. The van der Waals surface area contributed by atoms with E-state index in [0.29, 0.717) is 30.8 Å². The molecular formula is C14H20N2O3. The summed E-state index contributed by atoms with van der Waals surface area (Å²) < 4.78 is 5.37. The lowest BCUT2D eigenvalue weighted by Crippen LogP contribution is -2.43. The molecule has 1 heterocycles. The lowest BCUT2D eigenvalue weighted by molar-refractivity contribution is -0.0175. The summed E-state index contributed by atoms with van der Waals surface area (Å²) in [6.07, 6.45) is 0.427. The van der Waals surface area contributed by atoms with E-state index in [-0.39, 0.29) is 11.9 Å². The van der Waals surface area contributed by atoms with Crippen molar-refractivity contribution < 1.29 is 14.6 Å². The molecule has 0 aliphatic carbocycles. The molecule has 2 unspecified atom stereocenters. The molecule has 0 radical (unpaired) electrons. The summed E-state index contributed by atoms with van der Waals surface area (Å²) in [5.74, 6) is -0.0551. The molecule has 0 aromatic heterocycles. The number of carbonyl (C=O) groups excluding carboxylic acids is 1. The fourth-order valence-electron chi connectivity index (χ4n) is 2.25. The van der Waals surface area contributed by atoms with Gasteiger partial charge in [-0.05, 0) is 32.0 Å². The van der Waals surface area contributed by atoms with Crippen molar-refractivity contribution in [3.8, 4) is 0 Å². The molecule has 5 nitrogen and oxygen atoms in total. The number of rotatable bonds is 4. The van der Waals surface area contributed by atoms with Crippen LogP contribution in [0.15, 0.2) is 18.2 Å². The van der Waals surface area contributed by atoms with Gasteiger partial charge in [-0.3, -0.25) is 4.79 Å². The molecule has 0 saturated carbocycles. The van der Waals surface area contributed by atoms with E-state index < -0.39 is 5.60 Å². The molecule has 0 amide bonds. The summed E-state index contributed by atoms with van der Waals surface area (Å²) in [5, 5.41) is 13.5. The van der Waals surface area contributed by atoms with Crippen molar-refractivity contribution in [2.24, 2.45) is 0 Å². The summed E-state index contributed by atoms with van der Waals surface area (Å²) in [6, 6.07) is 5.19. The van der Waals surface area contributed by atoms with E-state index in [4.69, 9.17) is 10.5 Å². The van der Waals surface area contributed by atoms with Crippen LogP contribution in [0.5, 0.6) is 0 Å². The zero-order valence-corrected chi connectivity index (χ0v) is 11.3. The first kappa shape index (κ1) is 13.8. The third kappa shape index (κ3) is 2.88. The van der Waals surface area contributed by atoms with Gasteiger partial charge in [0.1, 0.15) is 5.60 Å². The van der Waals surface area contributed by atoms with Crippen molar-refractivity contribution in [1.29, 1.82) is 0 Å². The van der Waals surface area contributed by atoms with Gasteiger partial charge in [0.15, 0.2) is 5.78 Å². The van der Waals surface area contributed by atoms with Crippen molar-refractivity contribution >= 4 is 17.2 Å². The van der Waals surface area contributed by atoms with E-state index in [1.54, 1.807) is 18.2 Å². The Balaban J connectivity index is 2.04. The maximum absolute atomic E-state index is 11.3. The molecule has 0 bridgehead atoms. The number of benzene rings is 1. The zero-order chi connectivity index (χ0) is 14.0. The van der Waals surface area contributed by atoms with E-state index >= 15 is 0 Å². The van der Waals surface area contributed by atoms with Gasteiger partial charge in [0.2, 0.25) is 0 Å². The van der Waals surface area contributed by atoms with Crippen LogP contribution in [0.3, 0.4) is 0 Å². The molecule has 1 aliphatic rings. The average molecular weight is 264 g/mol. The highest BCUT2D eigenvalue weighted by Crippen LogP contribution is 2.26. The topological polar surface area (TPSA) is 84.6 Å². The van der Waals surface area contributed by atoms with Crippen molar-refractivity contribution in [2.75, 3.05) is 24.2 Å². The predicted octanol–water partition coefficient (Wildman–Crippen LogP) is 1.42.